The van der Waals surface area contributed by atoms with Crippen molar-refractivity contribution in [3.8, 4) is 0 Å². The number of amides is 1. The third-order valence-corrected chi connectivity index (χ3v) is 3.09. The maximum Gasteiger partial charge on any atom is 0.254 e. The Labute approximate surface area is 101 Å². The molecule has 4 heteroatoms. The van der Waals surface area contributed by atoms with Gasteiger partial charge >= 0.3 is 0 Å². The molecule has 3 nitrogen and oxygen atoms in total. The molecule has 3 N–H and O–H groups in total. The van der Waals surface area contributed by atoms with Gasteiger partial charge in [-0.3, -0.25) is 4.79 Å². The summed E-state index contributed by atoms with van der Waals surface area (Å²) in [5, 5.41) is 5.46. The molecule has 0 saturated heterocycles. The van der Waals surface area contributed by atoms with Gasteiger partial charge in [-0.1, -0.05) is 20.8 Å². The smallest absolute Gasteiger partial charge is 0.254 e. The molecule has 0 atom stereocenters. The molecular weight excluding hydrogens is 220 g/mol. The minimum absolute atomic E-state index is 0.0578. The molecule has 0 aliphatic heterocycles. The monoisotopic (exact) mass is 240 g/mol. The average molecular weight is 240 g/mol. The number of carbonyl (C=O) groups excluding carboxylic acids is 1. The number of rotatable bonds is 2. The molecule has 0 aliphatic rings. The minimum atomic E-state index is -0.0707. The van der Waals surface area contributed by atoms with Crippen LogP contribution in [0.1, 0.15) is 50.5 Å². The van der Waals surface area contributed by atoms with Crippen molar-refractivity contribution < 1.29 is 4.79 Å². The van der Waals surface area contributed by atoms with E-state index in [1.165, 1.54) is 11.3 Å². The van der Waals surface area contributed by atoms with Crippen molar-refractivity contribution in [2.24, 2.45) is 0 Å². The summed E-state index contributed by atoms with van der Waals surface area (Å²) in [5.41, 5.74) is 7.48. The van der Waals surface area contributed by atoms with Crippen LogP contribution in [0.4, 0.5) is 5.00 Å². The zero-order valence-corrected chi connectivity index (χ0v) is 11.4. The number of hydrogen-bond donors (Lipinski definition) is 2. The van der Waals surface area contributed by atoms with E-state index in [9.17, 15) is 4.79 Å². The Morgan fingerprint density at radius 2 is 2.00 bits per heavy atom. The molecular formula is C12H20N2OS. The summed E-state index contributed by atoms with van der Waals surface area (Å²) in [7, 11) is 0. The molecule has 1 aromatic heterocycles. The Balaban J connectivity index is 3.12. The topological polar surface area (TPSA) is 55.1 Å². The first-order valence-electron chi connectivity index (χ1n) is 5.41. The standard InChI is InChI=1S/C12H20N2OS/c1-7(2)14-11(15)9-8(12(3,4)5)6-16-10(9)13/h6-7H,13H2,1-5H3,(H,14,15). The number of anilines is 1. The predicted octanol–water partition coefficient (Wildman–Crippen LogP) is 2.77. The van der Waals surface area contributed by atoms with Gasteiger partial charge in [0.25, 0.3) is 5.91 Å². The number of nitrogens with two attached hydrogens (primary N) is 1. The molecule has 0 radical (unpaired) electrons. The van der Waals surface area contributed by atoms with Crippen LogP contribution in [0.25, 0.3) is 0 Å². The van der Waals surface area contributed by atoms with E-state index in [2.05, 4.69) is 26.1 Å². The lowest BCUT2D eigenvalue weighted by atomic mass is 9.86. The van der Waals surface area contributed by atoms with Crippen molar-refractivity contribution in [2.75, 3.05) is 5.73 Å². The van der Waals surface area contributed by atoms with E-state index in [0.717, 1.165) is 5.56 Å². The largest absolute Gasteiger partial charge is 0.390 e. The van der Waals surface area contributed by atoms with E-state index in [4.69, 9.17) is 5.73 Å². The Morgan fingerprint density at radius 1 is 1.44 bits per heavy atom. The lowest BCUT2D eigenvalue weighted by Gasteiger charge is -2.20. The number of carbonyl (C=O) groups is 1. The van der Waals surface area contributed by atoms with Crippen molar-refractivity contribution in [1.29, 1.82) is 0 Å². The van der Waals surface area contributed by atoms with Crippen molar-refractivity contribution in [1.82, 2.24) is 5.32 Å². The molecule has 0 aliphatic carbocycles. The SMILES string of the molecule is CC(C)NC(=O)c1c(C(C)(C)C)csc1N. The van der Waals surface area contributed by atoms with Crippen molar-refractivity contribution in [2.45, 2.75) is 46.1 Å². The summed E-state index contributed by atoms with van der Waals surface area (Å²) >= 11 is 1.43. The second-order valence-corrected chi connectivity index (χ2v) is 6.18. The number of nitrogen functional groups attached to an aromatic ring is 1. The van der Waals surface area contributed by atoms with Gasteiger partial charge in [-0.2, -0.15) is 0 Å². The van der Waals surface area contributed by atoms with E-state index in [0.29, 0.717) is 10.6 Å². The normalized spacial score (nSPS) is 11.9. The van der Waals surface area contributed by atoms with E-state index in [1.807, 2.05) is 19.2 Å². The lowest BCUT2D eigenvalue weighted by molar-refractivity contribution is 0.0942. The summed E-state index contributed by atoms with van der Waals surface area (Å²) in [4.78, 5) is 12.0. The zero-order chi connectivity index (χ0) is 12.5. The molecule has 1 heterocycles. The molecule has 0 fully saturated rings. The fourth-order valence-electron chi connectivity index (χ4n) is 1.49. The summed E-state index contributed by atoms with van der Waals surface area (Å²) in [6.07, 6.45) is 0. The highest BCUT2D eigenvalue weighted by Crippen LogP contribution is 2.34. The van der Waals surface area contributed by atoms with E-state index < -0.39 is 0 Å². The summed E-state index contributed by atoms with van der Waals surface area (Å²) in [6.45, 7) is 10.1. The summed E-state index contributed by atoms with van der Waals surface area (Å²) in [6, 6.07) is 0.125. The van der Waals surface area contributed by atoms with E-state index in [-0.39, 0.29) is 17.4 Å². The molecule has 0 unspecified atom stereocenters. The highest BCUT2D eigenvalue weighted by atomic mass is 32.1. The quantitative estimate of drug-likeness (QED) is 0.835. The van der Waals surface area contributed by atoms with Crippen molar-refractivity contribution in [3.05, 3.63) is 16.5 Å². The summed E-state index contributed by atoms with van der Waals surface area (Å²) < 4.78 is 0. The van der Waals surface area contributed by atoms with Gasteiger partial charge in [-0.15, -0.1) is 11.3 Å². The van der Waals surface area contributed by atoms with E-state index in [1.54, 1.807) is 0 Å². The zero-order valence-electron chi connectivity index (χ0n) is 10.5. The van der Waals surface area contributed by atoms with Crippen LogP contribution in [0.5, 0.6) is 0 Å². The molecule has 90 valence electrons. The minimum Gasteiger partial charge on any atom is -0.390 e. The molecule has 16 heavy (non-hydrogen) atoms. The third-order valence-electron chi connectivity index (χ3n) is 2.27. The Bertz CT molecular complexity index is 388. The maximum absolute atomic E-state index is 12.0. The number of hydrogen-bond acceptors (Lipinski definition) is 3. The average Bonchev–Trinajstić information content (AvgIpc) is 2.44. The molecule has 0 aromatic carbocycles. The second kappa shape index (κ2) is 4.45. The molecule has 1 amide bonds. The second-order valence-electron chi connectivity index (χ2n) is 5.27. The van der Waals surface area contributed by atoms with Crippen LogP contribution in [0, 0.1) is 0 Å². The first-order chi connectivity index (χ1) is 7.23. The maximum atomic E-state index is 12.0. The lowest BCUT2D eigenvalue weighted by Crippen LogP contribution is -2.32. The fraction of sp³-hybridized carbons (Fsp3) is 0.583. The van der Waals surface area contributed by atoms with Gasteiger partial charge < -0.3 is 11.1 Å². The number of thiophene rings is 1. The molecule has 0 bridgehead atoms. The van der Waals surface area contributed by atoms with Gasteiger partial charge in [0.05, 0.1) is 10.6 Å². The van der Waals surface area contributed by atoms with Crippen LogP contribution in [-0.2, 0) is 5.41 Å². The fourth-order valence-corrected chi connectivity index (χ4v) is 2.53. The first-order valence-corrected chi connectivity index (χ1v) is 6.29. The molecule has 0 saturated carbocycles. The van der Waals surface area contributed by atoms with Gasteiger partial charge in [-0.05, 0) is 30.2 Å². The summed E-state index contributed by atoms with van der Waals surface area (Å²) in [5.74, 6) is -0.0707. The Morgan fingerprint density at radius 3 is 2.44 bits per heavy atom. The van der Waals surface area contributed by atoms with E-state index >= 15 is 0 Å². The van der Waals surface area contributed by atoms with Gasteiger partial charge in [0.15, 0.2) is 0 Å². The highest BCUT2D eigenvalue weighted by Gasteiger charge is 2.25. The Hall–Kier alpha value is -1.03. The van der Waals surface area contributed by atoms with Gasteiger partial charge in [0.1, 0.15) is 0 Å². The van der Waals surface area contributed by atoms with Crippen molar-refractivity contribution >= 4 is 22.2 Å². The molecule has 1 rings (SSSR count). The number of nitrogens with one attached hydrogen (secondary N) is 1. The van der Waals surface area contributed by atoms with Crippen LogP contribution in [0.3, 0.4) is 0 Å². The highest BCUT2D eigenvalue weighted by molar-refractivity contribution is 7.14. The van der Waals surface area contributed by atoms with Gasteiger partial charge in [-0.25, -0.2) is 0 Å². The van der Waals surface area contributed by atoms with Gasteiger partial charge in [0, 0.05) is 6.04 Å². The predicted molar refractivity (Wildman–Crippen MR) is 70.0 cm³/mol. The Kier molecular flexibility index (Phi) is 3.63. The first kappa shape index (κ1) is 13.0. The van der Waals surface area contributed by atoms with Crippen LogP contribution in [-0.4, -0.2) is 11.9 Å². The van der Waals surface area contributed by atoms with Crippen molar-refractivity contribution in [3.63, 3.8) is 0 Å². The van der Waals surface area contributed by atoms with Crippen LogP contribution < -0.4 is 11.1 Å². The van der Waals surface area contributed by atoms with Crippen LogP contribution in [0.15, 0.2) is 5.38 Å². The molecule has 1 aromatic rings. The van der Waals surface area contributed by atoms with Crippen LogP contribution in [0.2, 0.25) is 0 Å². The third kappa shape index (κ3) is 2.76. The molecule has 0 spiro atoms. The van der Waals surface area contributed by atoms with Gasteiger partial charge in [0.2, 0.25) is 0 Å². The van der Waals surface area contributed by atoms with Crippen LogP contribution >= 0.6 is 11.3 Å².